The Morgan fingerprint density at radius 3 is 2.62 bits per heavy atom. The first-order valence-electron chi connectivity index (χ1n) is 7.14. The van der Waals surface area contributed by atoms with E-state index in [0.717, 1.165) is 12.2 Å². The smallest absolute Gasteiger partial charge is 0.307 e. The molecule has 1 aromatic carbocycles. The van der Waals surface area contributed by atoms with E-state index in [1.165, 1.54) is 16.9 Å². The number of rotatable bonds is 7. The molecule has 1 unspecified atom stereocenters. The molecule has 0 saturated heterocycles. The van der Waals surface area contributed by atoms with Crippen LogP contribution in [0.1, 0.15) is 23.7 Å². The van der Waals surface area contributed by atoms with Crippen LogP contribution < -0.4 is 4.87 Å². The summed E-state index contributed by atoms with van der Waals surface area (Å²) >= 11 is 1.25. The van der Waals surface area contributed by atoms with Crippen LogP contribution >= 0.6 is 11.3 Å². The highest BCUT2D eigenvalue weighted by atomic mass is 32.1. The lowest BCUT2D eigenvalue weighted by Gasteiger charge is -2.28. The fraction of sp³-hybridized carbons (Fsp3) is 0.438. The SMILES string of the molecule is Cc1csc(=O)n1CCN(C)C(CCO)c1ccccc1. The van der Waals surface area contributed by atoms with E-state index in [0.29, 0.717) is 13.0 Å². The van der Waals surface area contributed by atoms with E-state index in [1.807, 2.05) is 42.1 Å². The largest absolute Gasteiger partial charge is 0.396 e. The summed E-state index contributed by atoms with van der Waals surface area (Å²) in [6.45, 7) is 3.57. The monoisotopic (exact) mass is 306 g/mol. The molecule has 0 aliphatic heterocycles. The third kappa shape index (κ3) is 4.03. The van der Waals surface area contributed by atoms with Crippen LogP contribution in [0.15, 0.2) is 40.5 Å². The van der Waals surface area contributed by atoms with Crippen LogP contribution in [0.5, 0.6) is 0 Å². The molecule has 0 amide bonds. The minimum atomic E-state index is 0.0966. The molecule has 5 heteroatoms. The van der Waals surface area contributed by atoms with Crippen LogP contribution in [0.2, 0.25) is 0 Å². The normalized spacial score (nSPS) is 12.8. The number of aryl methyl sites for hydroxylation is 1. The van der Waals surface area contributed by atoms with Gasteiger partial charge in [0.15, 0.2) is 0 Å². The highest BCUT2D eigenvalue weighted by molar-refractivity contribution is 7.07. The molecule has 0 aliphatic carbocycles. The van der Waals surface area contributed by atoms with Gasteiger partial charge in [0, 0.05) is 36.8 Å². The third-order valence-electron chi connectivity index (χ3n) is 3.77. The second-order valence-corrected chi connectivity index (χ2v) is 6.03. The standard InChI is InChI=1S/C16H22N2O2S/c1-13-12-21-16(20)18(13)10-9-17(2)15(8-11-19)14-6-4-3-5-7-14/h3-7,12,15,19H,8-11H2,1-2H3. The van der Waals surface area contributed by atoms with Crippen molar-refractivity contribution in [3.05, 3.63) is 56.6 Å². The molecule has 1 aromatic heterocycles. The molecule has 1 atom stereocenters. The average Bonchev–Trinajstić information content (AvgIpc) is 2.82. The van der Waals surface area contributed by atoms with E-state index < -0.39 is 0 Å². The summed E-state index contributed by atoms with van der Waals surface area (Å²) in [6.07, 6.45) is 0.692. The Balaban J connectivity index is 2.06. The zero-order valence-electron chi connectivity index (χ0n) is 12.5. The minimum absolute atomic E-state index is 0.0966. The molecule has 0 radical (unpaired) electrons. The Bertz CT molecular complexity index is 606. The molecule has 1 N–H and O–H groups in total. The van der Waals surface area contributed by atoms with Crippen LogP contribution in [-0.4, -0.2) is 34.8 Å². The second-order valence-electron chi connectivity index (χ2n) is 5.21. The third-order valence-corrected chi connectivity index (χ3v) is 4.65. The number of aliphatic hydroxyl groups excluding tert-OH is 1. The van der Waals surface area contributed by atoms with E-state index in [9.17, 15) is 9.90 Å². The lowest BCUT2D eigenvalue weighted by Crippen LogP contribution is -2.31. The van der Waals surface area contributed by atoms with E-state index in [1.54, 1.807) is 0 Å². The molecule has 0 spiro atoms. The summed E-state index contributed by atoms with van der Waals surface area (Å²) in [5.41, 5.74) is 2.21. The summed E-state index contributed by atoms with van der Waals surface area (Å²) in [4.78, 5) is 14.0. The first kappa shape index (κ1) is 15.9. The van der Waals surface area contributed by atoms with Gasteiger partial charge >= 0.3 is 4.87 Å². The van der Waals surface area contributed by atoms with Crippen LogP contribution in [0.3, 0.4) is 0 Å². The lowest BCUT2D eigenvalue weighted by atomic mass is 10.0. The molecule has 4 nitrogen and oxygen atoms in total. The molecule has 2 rings (SSSR count). The second kappa shape index (κ2) is 7.54. The Kier molecular flexibility index (Phi) is 5.73. The van der Waals surface area contributed by atoms with Crippen molar-refractivity contribution >= 4 is 11.3 Å². The average molecular weight is 306 g/mol. The molecular formula is C16H22N2O2S. The number of hydrogen-bond donors (Lipinski definition) is 1. The van der Waals surface area contributed by atoms with Crippen molar-refractivity contribution in [2.75, 3.05) is 20.2 Å². The maximum Gasteiger partial charge on any atom is 0.307 e. The number of hydrogen-bond acceptors (Lipinski definition) is 4. The molecule has 0 saturated carbocycles. The summed E-state index contributed by atoms with van der Waals surface area (Å²) in [5.74, 6) is 0. The quantitative estimate of drug-likeness (QED) is 0.853. The van der Waals surface area contributed by atoms with Gasteiger partial charge in [0.05, 0.1) is 0 Å². The number of aromatic nitrogens is 1. The van der Waals surface area contributed by atoms with E-state index in [2.05, 4.69) is 17.0 Å². The summed E-state index contributed by atoms with van der Waals surface area (Å²) < 4.78 is 1.81. The molecule has 2 aromatic rings. The van der Waals surface area contributed by atoms with E-state index >= 15 is 0 Å². The van der Waals surface area contributed by atoms with Crippen LogP contribution in [0.4, 0.5) is 0 Å². The maximum absolute atomic E-state index is 11.7. The van der Waals surface area contributed by atoms with Crippen molar-refractivity contribution in [3.8, 4) is 0 Å². The fourth-order valence-corrected chi connectivity index (χ4v) is 3.29. The number of benzene rings is 1. The van der Waals surface area contributed by atoms with Gasteiger partial charge in [-0.25, -0.2) is 0 Å². The van der Waals surface area contributed by atoms with Crippen LogP contribution in [0, 0.1) is 6.92 Å². The van der Waals surface area contributed by atoms with Crippen molar-refractivity contribution in [2.24, 2.45) is 0 Å². The van der Waals surface area contributed by atoms with Gasteiger partial charge < -0.3 is 9.67 Å². The van der Waals surface area contributed by atoms with E-state index in [4.69, 9.17) is 0 Å². The minimum Gasteiger partial charge on any atom is -0.396 e. The highest BCUT2D eigenvalue weighted by Crippen LogP contribution is 2.22. The highest BCUT2D eigenvalue weighted by Gasteiger charge is 2.16. The van der Waals surface area contributed by atoms with Gasteiger partial charge in [-0.1, -0.05) is 41.7 Å². The molecule has 1 heterocycles. The molecule has 0 fully saturated rings. The summed E-state index contributed by atoms with van der Waals surface area (Å²) in [6, 6.07) is 10.4. The fourth-order valence-electron chi connectivity index (χ4n) is 2.53. The van der Waals surface area contributed by atoms with Gasteiger partial charge in [0.2, 0.25) is 0 Å². The van der Waals surface area contributed by atoms with E-state index in [-0.39, 0.29) is 17.5 Å². The first-order chi connectivity index (χ1) is 10.1. The van der Waals surface area contributed by atoms with Gasteiger partial charge in [-0.2, -0.15) is 0 Å². The van der Waals surface area contributed by atoms with Crippen LogP contribution in [0.25, 0.3) is 0 Å². The summed E-state index contributed by atoms with van der Waals surface area (Å²) in [5, 5.41) is 11.2. The van der Waals surface area contributed by atoms with Crippen molar-refractivity contribution < 1.29 is 5.11 Å². The molecule has 0 bridgehead atoms. The zero-order valence-corrected chi connectivity index (χ0v) is 13.3. The lowest BCUT2D eigenvalue weighted by molar-refractivity contribution is 0.181. The van der Waals surface area contributed by atoms with Crippen molar-refractivity contribution in [1.29, 1.82) is 0 Å². The van der Waals surface area contributed by atoms with Gasteiger partial charge in [0.1, 0.15) is 0 Å². The van der Waals surface area contributed by atoms with Gasteiger partial charge in [-0.3, -0.25) is 9.69 Å². The van der Waals surface area contributed by atoms with Crippen molar-refractivity contribution in [1.82, 2.24) is 9.47 Å². The van der Waals surface area contributed by atoms with Gasteiger partial charge in [0.25, 0.3) is 0 Å². The Hall–Kier alpha value is -1.43. The zero-order chi connectivity index (χ0) is 15.2. The molecule has 0 aliphatic rings. The number of aliphatic hydroxyl groups is 1. The van der Waals surface area contributed by atoms with Gasteiger partial charge in [-0.05, 0) is 26.0 Å². The maximum atomic E-state index is 11.7. The predicted octanol–water partition coefficient (Wildman–Crippen LogP) is 2.27. The number of nitrogens with zero attached hydrogens (tertiary/aromatic N) is 2. The Morgan fingerprint density at radius 1 is 1.33 bits per heavy atom. The van der Waals surface area contributed by atoms with Crippen molar-refractivity contribution in [3.63, 3.8) is 0 Å². The van der Waals surface area contributed by atoms with Crippen LogP contribution in [-0.2, 0) is 6.54 Å². The topological polar surface area (TPSA) is 45.5 Å². The Labute approximate surface area is 129 Å². The molecule has 114 valence electrons. The number of thiazole rings is 1. The molecule has 21 heavy (non-hydrogen) atoms. The van der Waals surface area contributed by atoms with Gasteiger partial charge in [-0.15, -0.1) is 0 Å². The number of likely N-dealkylation sites (N-methyl/N-ethyl adjacent to an activating group) is 1. The first-order valence-corrected chi connectivity index (χ1v) is 8.02. The van der Waals surface area contributed by atoms with Crippen molar-refractivity contribution in [2.45, 2.75) is 25.9 Å². The Morgan fingerprint density at radius 2 is 2.05 bits per heavy atom. The summed E-state index contributed by atoms with van der Waals surface area (Å²) in [7, 11) is 2.04. The predicted molar refractivity (Wildman–Crippen MR) is 86.8 cm³/mol. The molecular weight excluding hydrogens is 284 g/mol.